The molecule has 3 rings (SSSR count). The van der Waals surface area contributed by atoms with E-state index >= 15 is 0 Å². The van der Waals surface area contributed by atoms with Crippen LogP contribution in [0.15, 0.2) is 29.3 Å². The van der Waals surface area contributed by atoms with E-state index < -0.39 is 0 Å². The second-order valence-electron chi connectivity index (χ2n) is 4.75. The van der Waals surface area contributed by atoms with Crippen LogP contribution in [-0.4, -0.2) is 42.5 Å². The molecule has 6 heteroatoms. The number of ether oxygens (including phenoxy) is 2. The van der Waals surface area contributed by atoms with Gasteiger partial charge in [-0.2, -0.15) is 0 Å². The molecule has 0 bridgehead atoms. The Morgan fingerprint density at radius 3 is 3.20 bits per heavy atom. The summed E-state index contributed by atoms with van der Waals surface area (Å²) in [5.74, 6) is 0.553. The molecular formula is C14H17N3O3. The van der Waals surface area contributed by atoms with Crippen molar-refractivity contribution in [1.29, 1.82) is 0 Å². The second-order valence-corrected chi connectivity index (χ2v) is 4.75. The molecule has 6 nitrogen and oxygen atoms in total. The zero-order valence-electron chi connectivity index (χ0n) is 11.3. The topological polar surface area (TPSA) is 65.4 Å². The molecule has 1 aliphatic rings. The van der Waals surface area contributed by atoms with Gasteiger partial charge in [0.25, 0.3) is 5.56 Å². The van der Waals surface area contributed by atoms with Crippen LogP contribution in [0.2, 0.25) is 0 Å². The Kier molecular flexibility index (Phi) is 3.66. The van der Waals surface area contributed by atoms with Crippen LogP contribution in [0.3, 0.4) is 0 Å². The molecule has 0 radical (unpaired) electrons. The van der Waals surface area contributed by atoms with Crippen molar-refractivity contribution in [2.45, 2.75) is 12.6 Å². The predicted octanol–water partition coefficient (Wildman–Crippen LogP) is 0.394. The van der Waals surface area contributed by atoms with Gasteiger partial charge in [0, 0.05) is 13.1 Å². The summed E-state index contributed by atoms with van der Waals surface area (Å²) in [5.41, 5.74) is 0.551. The number of benzene rings is 1. The maximum atomic E-state index is 12.5. The zero-order chi connectivity index (χ0) is 13.9. The summed E-state index contributed by atoms with van der Waals surface area (Å²) >= 11 is 0. The molecule has 0 aliphatic carbocycles. The Morgan fingerprint density at radius 1 is 1.55 bits per heavy atom. The molecule has 20 heavy (non-hydrogen) atoms. The standard InChI is InChI=1S/C14H17N3O3/c1-19-12-4-2-3-11-13(12)14(18)17(9-16-11)8-10-7-15-5-6-20-10/h2-4,9-10,15H,5-8H2,1H3/t10-/m1/s1. The molecule has 1 aromatic heterocycles. The minimum atomic E-state index is -0.0957. The van der Waals surface area contributed by atoms with Crippen molar-refractivity contribution >= 4 is 10.9 Å². The highest BCUT2D eigenvalue weighted by molar-refractivity contribution is 5.83. The summed E-state index contributed by atoms with van der Waals surface area (Å²) in [5, 5.41) is 3.76. The fraction of sp³-hybridized carbons (Fsp3) is 0.429. The molecule has 2 heterocycles. The fourth-order valence-corrected chi connectivity index (χ4v) is 2.43. The molecule has 1 aromatic carbocycles. The fourth-order valence-electron chi connectivity index (χ4n) is 2.43. The monoisotopic (exact) mass is 275 g/mol. The number of nitrogens with zero attached hydrogens (tertiary/aromatic N) is 2. The maximum absolute atomic E-state index is 12.5. The van der Waals surface area contributed by atoms with E-state index in [9.17, 15) is 4.79 Å². The van der Waals surface area contributed by atoms with Crippen LogP contribution in [0, 0.1) is 0 Å². The number of morpholine rings is 1. The van der Waals surface area contributed by atoms with E-state index in [0.29, 0.717) is 29.8 Å². The van der Waals surface area contributed by atoms with E-state index in [1.54, 1.807) is 24.1 Å². The molecule has 0 saturated carbocycles. The average Bonchev–Trinajstić information content (AvgIpc) is 2.50. The van der Waals surface area contributed by atoms with Crippen molar-refractivity contribution in [3.05, 3.63) is 34.9 Å². The van der Waals surface area contributed by atoms with Crippen LogP contribution < -0.4 is 15.6 Å². The Balaban J connectivity index is 1.99. The van der Waals surface area contributed by atoms with Crippen LogP contribution in [0.4, 0.5) is 0 Å². The molecule has 0 unspecified atom stereocenters. The van der Waals surface area contributed by atoms with Gasteiger partial charge in [0.15, 0.2) is 0 Å². The van der Waals surface area contributed by atoms with Crippen molar-refractivity contribution in [2.75, 3.05) is 26.8 Å². The van der Waals surface area contributed by atoms with Gasteiger partial charge in [-0.05, 0) is 12.1 Å². The predicted molar refractivity (Wildman–Crippen MR) is 75.2 cm³/mol. The normalized spacial score (nSPS) is 19.1. The summed E-state index contributed by atoms with van der Waals surface area (Å²) < 4.78 is 12.5. The highest BCUT2D eigenvalue weighted by Crippen LogP contribution is 2.19. The second kappa shape index (κ2) is 5.60. The van der Waals surface area contributed by atoms with Crippen molar-refractivity contribution in [3.63, 3.8) is 0 Å². The Morgan fingerprint density at radius 2 is 2.45 bits per heavy atom. The Labute approximate surface area is 116 Å². The third-order valence-electron chi connectivity index (χ3n) is 3.44. The van der Waals surface area contributed by atoms with Crippen molar-refractivity contribution in [1.82, 2.24) is 14.9 Å². The molecule has 0 amide bonds. The third kappa shape index (κ3) is 2.39. The third-order valence-corrected chi connectivity index (χ3v) is 3.44. The van der Waals surface area contributed by atoms with E-state index in [2.05, 4.69) is 10.3 Å². The van der Waals surface area contributed by atoms with Crippen molar-refractivity contribution < 1.29 is 9.47 Å². The minimum Gasteiger partial charge on any atom is -0.496 e. The minimum absolute atomic E-state index is 0.00425. The summed E-state index contributed by atoms with van der Waals surface area (Å²) in [4.78, 5) is 16.9. The van der Waals surface area contributed by atoms with Crippen molar-refractivity contribution in [3.8, 4) is 5.75 Å². The highest BCUT2D eigenvalue weighted by Gasteiger charge is 2.16. The number of hydrogen-bond acceptors (Lipinski definition) is 5. The summed E-state index contributed by atoms with van der Waals surface area (Å²) in [6.45, 7) is 2.77. The van der Waals surface area contributed by atoms with Gasteiger partial charge in [0.05, 0.1) is 38.2 Å². The molecule has 1 saturated heterocycles. The Bertz CT molecular complexity index is 662. The maximum Gasteiger partial charge on any atom is 0.265 e. The van der Waals surface area contributed by atoms with Gasteiger partial charge in [-0.1, -0.05) is 6.07 Å². The number of rotatable bonds is 3. The molecule has 0 spiro atoms. The Hall–Kier alpha value is -1.92. The lowest BCUT2D eigenvalue weighted by atomic mass is 10.2. The summed E-state index contributed by atoms with van der Waals surface area (Å²) in [7, 11) is 1.56. The summed E-state index contributed by atoms with van der Waals surface area (Å²) in [6, 6.07) is 5.41. The van der Waals surface area contributed by atoms with Gasteiger partial charge in [-0.3, -0.25) is 9.36 Å². The molecule has 1 fully saturated rings. The average molecular weight is 275 g/mol. The largest absolute Gasteiger partial charge is 0.496 e. The van der Waals surface area contributed by atoms with Crippen LogP contribution in [0.1, 0.15) is 0 Å². The zero-order valence-corrected chi connectivity index (χ0v) is 11.3. The number of fused-ring (bicyclic) bond motifs is 1. The molecular weight excluding hydrogens is 258 g/mol. The number of hydrogen-bond donors (Lipinski definition) is 1. The lowest BCUT2D eigenvalue weighted by molar-refractivity contribution is 0.0175. The van der Waals surface area contributed by atoms with Gasteiger partial charge in [-0.25, -0.2) is 4.98 Å². The first-order chi connectivity index (χ1) is 9.79. The van der Waals surface area contributed by atoms with Crippen LogP contribution in [0.25, 0.3) is 10.9 Å². The number of aromatic nitrogens is 2. The van der Waals surface area contributed by atoms with Crippen LogP contribution >= 0.6 is 0 Å². The lowest BCUT2D eigenvalue weighted by Gasteiger charge is -2.24. The smallest absolute Gasteiger partial charge is 0.265 e. The van der Waals surface area contributed by atoms with Crippen LogP contribution in [-0.2, 0) is 11.3 Å². The van der Waals surface area contributed by atoms with Gasteiger partial charge >= 0.3 is 0 Å². The molecule has 106 valence electrons. The van der Waals surface area contributed by atoms with Crippen molar-refractivity contribution in [2.24, 2.45) is 0 Å². The van der Waals surface area contributed by atoms with Gasteiger partial charge in [0.1, 0.15) is 11.1 Å². The summed E-state index contributed by atoms with van der Waals surface area (Å²) in [6.07, 6.45) is 1.57. The van der Waals surface area contributed by atoms with Gasteiger partial charge in [0.2, 0.25) is 0 Å². The lowest BCUT2D eigenvalue weighted by Crippen LogP contribution is -2.42. The molecule has 1 N–H and O–H groups in total. The van der Waals surface area contributed by atoms with Gasteiger partial charge < -0.3 is 14.8 Å². The number of nitrogens with one attached hydrogen (secondary N) is 1. The molecule has 1 atom stereocenters. The SMILES string of the molecule is COc1cccc2ncn(C[C@H]3CNCCO3)c(=O)c12. The first kappa shape index (κ1) is 13.1. The first-order valence-electron chi connectivity index (χ1n) is 6.64. The van der Waals surface area contributed by atoms with E-state index in [-0.39, 0.29) is 11.7 Å². The van der Waals surface area contributed by atoms with E-state index in [1.165, 1.54) is 0 Å². The van der Waals surface area contributed by atoms with Gasteiger partial charge in [-0.15, -0.1) is 0 Å². The van der Waals surface area contributed by atoms with Crippen LogP contribution in [0.5, 0.6) is 5.75 Å². The quantitative estimate of drug-likeness (QED) is 0.878. The van der Waals surface area contributed by atoms with E-state index in [1.807, 2.05) is 12.1 Å². The highest BCUT2D eigenvalue weighted by atomic mass is 16.5. The number of methoxy groups -OCH3 is 1. The van der Waals surface area contributed by atoms with E-state index in [0.717, 1.165) is 13.1 Å². The first-order valence-corrected chi connectivity index (χ1v) is 6.64. The molecule has 2 aromatic rings. The molecule has 1 aliphatic heterocycles. The van der Waals surface area contributed by atoms with E-state index in [4.69, 9.17) is 9.47 Å².